The number of hydrogen-bond acceptors (Lipinski definition) is 7. The van der Waals surface area contributed by atoms with Crippen molar-refractivity contribution in [2.24, 2.45) is 5.73 Å². The van der Waals surface area contributed by atoms with Crippen molar-refractivity contribution in [2.75, 3.05) is 0 Å². The predicted octanol–water partition coefficient (Wildman–Crippen LogP) is -2.38. The summed E-state index contributed by atoms with van der Waals surface area (Å²) < 4.78 is 4.25. The van der Waals surface area contributed by atoms with Crippen molar-refractivity contribution in [3.8, 4) is 0 Å². The number of ether oxygens (including phenoxy) is 1. The van der Waals surface area contributed by atoms with Gasteiger partial charge in [-0.3, -0.25) is 9.59 Å². The Morgan fingerprint density at radius 2 is 1.53 bits per heavy atom. The molecule has 0 rings (SSSR count). The van der Waals surface area contributed by atoms with Gasteiger partial charge in [0.15, 0.2) is 6.10 Å². The topological polar surface area (TPSA) is 184 Å². The highest BCUT2D eigenvalue weighted by molar-refractivity contribution is 5.85. The van der Waals surface area contributed by atoms with Crippen molar-refractivity contribution < 1.29 is 44.3 Å². The van der Waals surface area contributed by atoms with Crippen LogP contribution in [0.25, 0.3) is 0 Å². The van der Waals surface area contributed by atoms with E-state index in [1.807, 2.05) is 0 Å². The molecule has 19 heavy (non-hydrogen) atoms. The normalized spacial score (nSPS) is 15.1. The van der Waals surface area contributed by atoms with Crippen molar-refractivity contribution in [3.05, 3.63) is 0 Å². The highest BCUT2D eigenvalue weighted by atomic mass is 16.6. The van der Waals surface area contributed by atoms with Crippen LogP contribution in [0, 0.1) is 0 Å². The number of hydrogen-bond donors (Lipinski definition) is 5. The highest BCUT2D eigenvalue weighted by Crippen LogP contribution is 2.05. The third-order valence-electron chi connectivity index (χ3n) is 2.02. The van der Waals surface area contributed by atoms with Crippen molar-refractivity contribution in [1.29, 1.82) is 0 Å². The van der Waals surface area contributed by atoms with Gasteiger partial charge in [-0.15, -0.1) is 0 Å². The molecule has 0 amide bonds. The number of aliphatic hydroxyl groups excluding tert-OH is 1. The van der Waals surface area contributed by atoms with Gasteiger partial charge in [-0.05, 0) is 6.42 Å². The van der Waals surface area contributed by atoms with E-state index in [4.69, 9.17) is 26.2 Å². The van der Waals surface area contributed by atoms with Crippen LogP contribution in [0.2, 0.25) is 0 Å². The quantitative estimate of drug-likeness (QED) is 0.300. The lowest BCUT2D eigenvalue weighted by Gasteiger charge is -2.16. The standard InChI is InChI=1S/C9H13NO9/c10-3(7(13)14)1-2-4(11)19-6(9(17)18)5(12)8(15)16/h3,5-6,12H,1-2,10H2,(H,13,14)(H,15,16)(H,17,18)/t3-,5+,6+/m0/s1. The van der Waals surface area contributed by atoms with E-state index in [0.29, 0.717) is 0 Å². The van der Waals surface area contributed by atoms with E-state index in [1.54, 1.807) is 0 Å². The maximum atomic E-state index is 11.2. The summed E-state index contributed by atoms with van der Waals surface area (Å²) in [6.45, 7) is 0. The average molecular weight is 279 g/mol. The second-order valence-electron chi connectivity index (χ2n) is 3.52. The molecular formula is C9H13NO9. The van der Waals surface area contributed by atoms with E-state index >= 15 is 0 Å². The maximum Gasteiger partial charge on any atom is 0.348 e. The Kier molecular flexibility index (Phi) is 6.44. The molecule has 10 nitrogen and oxygen atoms in total. The van der Waals surface area contributed by atoms with Gasteiger partial charge in [0.2, 0.25) is 6.10 Å². The first-order chi connectivity index (χ1) is 8.66. The largest absolute Gasteiger partial charge is 0.480 e. The lowest BCUT2D eigenvalue weighted by atomic mass is 10.1. The predicted molar refractivity (Wildman–Crippen MR) is 56.0 cm³/mol. The second-order valence-corrected chi connectivity index (χ2v) is 3.52. The number of carboxylic acids is 3. The van der Waals surface area contributed by atoms with Gasteiger partial charge in [0.25, 0.3) is 0 Å². The molecule has 0 saturated heterocycles. The fourth-order valence-corrected chi connectivity index (χ4v) is 0.977. The van der Waals surface area contributed by atoms with Gasteiger partial charge in [0, 0.05) is 6.42 Å². The summed E-state index contributed by atoms with van der Waals surface area (Å²) in [6.07, 6.45) is -5.53. The van der Waals surface area contributed by atoms with Crippen LogP contribution >= 0.6 is 0 Å². The SMILES string of the molecule is N[C@@H](CCC(=O)O[C@@H](C(=O)O)[C@@H](O)C(=O)O)C(=O)O. The molecule has 0 aromatic heterocycles. The number of aliphatic carboxylic acids is 3. The van der Waals surface area contributed by atoms with Gasteiger partial charge in [-0.1, -0.05) is 0 Å². The van der Waals surface area contributed by atoms with Crippen LogP contribution < -0.4 is 5.73 Å². The molecule has 0 aromatic carbocycles. The van der Waals surface area contributed by atoms with Crippen molar-refractivity contribution in [1.82, 2.24) is 0 Å². The number of esters is 1. The molecular weight excluding hydrogens is 266 g/mol. The molecule has 6 N–H and O–H groups in total. The number of rotatable bonds is 8. The fraction of sp³-hybridized carbons (Fsp3) is 0.556. The van der Waals surface area contributed by atoms with E-state index in [0.717, 1.165) is 0 Å². The molecule has 3 atom stereocenters. The highest BCUT2D eigenvalue weighted by Gasteiger charge is 2.35. The van der Waals surface area contributed by atoms with Gasteiger partial charge in [0.05, 0.1) is 0 Å². The maximum absolute atomic E-state index is 11.2. The summed E-state index contributed by atoms with van der Waals surface area (Å²) >= 11 is 0. The molecule has 0 saturated carbocycles. The van der Waals surface area contributed by atoms with E-state index < -0.39 is 48.5 Å². The Morgan fingerprint density at radius 3 is 1.89 bits per heavy atom. The number of carbonyl (C=O) groups excluding carboxylic acids is 1. The lowest BCUT2D eigenvalue weighted by Crippen LogP contribution is -2.43. The van der Waals surface area contributed by atoms with Crippen LogP contribution in [0.15, 0.2) is 0 Å². The number of aliphatic hydroxyl groups is 1. The van der Waals surface area contributed by atoms with E-state index in [9.17, 15) is 19.2 Å². The van der Waals surface area contributed by atoms with Crippen LogP contribution in [-0.4, -0.2) is 62.6 Å². The summed E-state index contributed by atoms with van der Waals surface area (Å²) in [5.74, 6) is -6.24. The zero-order valence-electron chi connectivity index (χ0n) is 9.55. The zero-order valence-corrected chi connectivity index (χ0v) is 9.55. The van der Waals surface area contributed by atoms with E-state index in [2.05, 4.69) is 4.74 Å². The van der Waals surface area contributed by atoms with Crippen molar-refractivity contribution >= 4 is 23.9 Å². The number of nitrogens with two attached hydrogens (primary N) is 1. The lowest BCUT2D eigenvalue weighted by molar-refractivity contribution is -0.178. The monoisotopic (exact) mass is 279 g/mol. The Morgan fingerprint density at radius 1 is 1.00 bits per heavy atom. The zero-order chi connectivity index (χ0) is 15.2. The minimum absolute atomic E-state index is 0.316. The minimum Gasteiger partial charge on any atom is -0.480 e. The first-order valence-electron chi connectivity index (χ1n) is 4.98. The Labute approximate surface area is 106 Å². The number of carbonyl (C=O) groups is 4. The van der Waals surface area contributed by atoms with Gasteiger partial charge in [0.1, 0.15) is 6.04 Å². The first-order valence-corrected chi connectivity index (χ1v) is 4.98. The molecule has 0 radical (unpaired) electrons. The van der Waals surface area contributed by atoms with Gasteiger partial charge >= 0.3 is 23.9 Å². The average Bonchev–Trinajstić information content (AvgIpc) is 2.31. The van der Waals surface area contributed by atoms with Crippen molar-refractivity contribution in [2.45, 2.75) is 31.1 Å². The van der Waals surface area contributed by atoms with Gasteiger partial charge in [-0.2, -0.15) is 0 Å². The molecule has 108 valence electrons. The van der Waals surface area contributed by atoms with Gasteiger partial charge < -0.3 is 30.9 Å². The smallest absolute Gasteiger partial charge is 0.348 e. The molecule has 0 bridgehead atoms. The van der Waals surface area contributed by atoms with Crippen LogP contribution in [-0.2, 0) is 23.9 Å². The van der Waals surface area contributed by atoms with Crippen LogP contribution in [0.5, 0.6) is 0 Å². The van der Waals surface area contributed by atoms with E-state index in [-0.39, 0.29) is 6.42 Å². The van der Waals surface area contributed by atoms with Crippen molar-refractivity contribution in [3.63, 3.8) is 0 Å². The Hall–Kier alpha value is -2.20. The summed E-state index contributed by atoms with van der Waals surface area (Å²) in [6, 6.07) is -1.33. The number of carboxylic acid groups (broad SMARTS) is 3. The molecule has 10 heteroatoms. The summed E-state index contributed by atoms with van der Waals surface area (Å²) in [5, 5.41) is 34.4. The molecule has 0 aliphatic heterocycles. The summed E-state index contributed by atoms with van der Waals surface area (Å²) in [7, 11) is 0. The summed E-state index contributed by atoms with van der Waals surface area (Å²) in [4.78, 5) is 42.5. The first kappa shape index (κ1) is 16.8. The molecule has 0 aliphatic carbocycles. The molecule has 0 aromatic rings. The van der Waals surface area contributed by atoms with Gasteiger partial charge in [-0.25, -0.2) is 9.59 Å². The second kappa shape index (κ2) is 7.28. The molecule has 0 fully saturated rings. The third kappa shape index (κ3) is 5.79. The minimum atomic E-state index is -2.42. The summed E-state index contributed by atoms with van der Waals surface area (Å²) in [5.41, 5.74) is 5.10. The molecule has 0 heterocycles. The fourth-order valence-electron chi connectivity index (χ4n) is 0.977. The van der Waals surface area contributed by atoms with Crippen LogP contribution in [0.1, 0.15) is 12.8 Å². The third-order valence-corrected chi connectivity index (χ3v) is 2.02. The molecule has 0 spiro atoms. The Bertz CT molecular complexity index is 380. The van der Waals surface area contributed by atoms with Crippen LogP contribution in [0.3, 0.4) is 0 Å². The van der Waals surface area contributed by atoms with E-state index in [1.165, 1.54) is 0 Å². The molecule has 0 aliphatic rings. The Balaban J connectivity index is 4.45. The molecule has 0 unspecified atom stereocenters. The van der Waals surface area contributed by atoms with Crippen LogP contribution in [0.4, 0.5) is 0 Å².